The maximum Gasteiger partial charge on any atom is 0.303 e. The molecule has 29 heavy (non-hydrogen) atoms. The van der Waals surface area contributed by atoms with Crippen LogP contribution in [0.15, 0.2) is 0 Å². The van der Waals surface area contributed by atoms with Gasteiger partial charge in [-0.05, 0) is 6.42 Å². The van der Waals surface area contributed by atoms with Crippen molar-refractivity contribution in [2.45, 2.75) is 36.4 Å². The number of nitrogens with one attached hydrogen (secondary N) is 4. The van der Waals surface area contributed by atoms with Crippen LogP contribution >= 0.6 is 0 Å². The second kappa shape index (κ2) is 11.2. The van der Waals surface area contributed by atoms with Crippen LogP contribution in [0.2, 0.25) is 0 Å². The molecule has 0 aromatic carbocycles. The fraction of sp³-hybridized carbons (Fsp3) is 0.889. The first kappa shape index (κ1) is 23.9. The van der Waals surface area contributed by atoms with Crippen LogP contribution in [-0.2, 0) is 9.59 Å². The molecule has 0 aliphatic carbocycles. The highest BCUT2D eigenvalue weighted by molar-refractivity contribution is 5.82. The molecule has 2 saturated heterocycles. The van der Waals surface area contributed by atoms with Crippen molar-refractivity contribution in [1.82, 2.24) is 26.2 Å². The lowest BCUT2D eigenvalue weighted by Gasteiger charge is -2.29. The minimum atomic E-state index is -0.883. The molecule has 3 atom stereocenters. The van der Waals surface area contributed by atoms with E-state index < -0.39 is 17.0 Å². The monoisotopic (exact) mass is 414 g/mol. The number of nitrogens with two attached hydrogens (primary N) is 3. The Morgan fingerprint density at radius 1 is 0.931 bits per heavy atom. The zero-order chi connectivity index (χ0) is 21.3. The molecule has 0 aromatic rings. The van der Waals surface area contributed by atoms with Crippen molar-refractivity contribution in [2.75, 3.05) is 65.4 Å². The van der Waals surface area contributed by atoms with Crippen LogP contribution in [0, 0.1) is 0 Å². The third-order valence-corrected chi connectivity index (χ3v) is 5.83. The van der Waals surface area contributed by atoms with Gasteiger partial charge in [0.05, 0.1) is 17.1 Å². The van der Waals surface area contributed by atoms with Crippen LogP contribution in [0.3, 0.4) is 0 Å². The third kappa shape index (κ3) is 6.57. The van der Waals surface area contributed by atoms with Crippen molar-refractivity contribution in [1.29, 1.82) is 0 Å². The van der Waals surface area contributed by atoms with Gasteiger partial charge in [-0.15, -0.1) is 0 Å². The highest BCUT2D eigenvalue weighted by Gasteiger charge is 2.63. The van der Waals surface area contributed by atoms with Gasteiger partial charge < -0.3 is 48.5 Å². The summed E-state index contributed by atoms with van der Waals surface area (Å²) >= 11 is 0. The molecule has 2 aliphatic heterocycles. The van der Waals surface area contributed by atoms with Gasteiger partial charge in [-0.3, -0.25) is 9.59 Å². The number of amides is 1. The van der Waals surface area contributed by atoms with Crippen molar-refractivity contribution >= 4 is 11.9 Å². The largest absolute Gasteiger partial charge is 0.481 e. The fourth-order valence-corrected chi connectivity index (χ4v) is 3.94. The number of aliphatic carboxylic acids is 1. The first-order valence-corrected chi connectivity index (χ1v) is 10.4. The molecule has 1 unspecified atom stereocenters. The molecule has 11 heteroatoms. The Balaban J connectivity index is 1.94. The van der Waals surface area contributed by atoms with E-state index in [0.29, 0.717) is 45.7 Å². The SMILES string of the molecule is NC[C@]1(N)CNCCNCC2N(C(=O)CCCC(=O)O)[C@@]2(CN)CNCCNC1. The number of hydrogen-bond donors (Lipinski definition) is 8. The Bertz CT molecular complexity index is 551. The molecule has 0 saturated carbocycles. The summed E-state index contributed by atoms with van der Waals surface area (Å²) in [6.45, 7) is 6.17. The van der Waals surface area contributed by atoms with E-state index in [2.05, 4.69) is 21.3 Å². The van der Waals surface area contributed by atoms with E-state index >= 15 is 0 Å². The van der Waals surface area contributed by atoms with E-state index in [0.717, 1.165) is 26.2 Å². The van der Waals surface area contributed by atoms with E-state index in [1.54, 1.807) is 0 Å². The van der Waals surface area contributed by atoms with Crippen molar-refractivity contribution in [3.63, 3.8) is 0 Å². The lowest BCUT2D eigenvalue weighted by molar-refractivity contribution is -0.137. The van der Waals surface area contributed by atoms with Gasteiger partial charge in [0.2, 0.25) is 5.91 Å². The second-order valence-corrected chi connectivity index (χ2v) is 8.14. The number of hydrogen-bond acceptors (Lipinski definition) is 9. The number of carbonyl (C=O) groups is 2. The highest BCUT2D eigenvalue weighted by Crippen LogP contribution is 2.40. The predicted octanol–water partition coefficient (Wildman–Crippen LogP) is -3.82. The Morgan fingerprint density at radius 3 is 2.07 bits per heavy atom. The molecule has 0 bridgehead atoms. The molecule has 0 aromatic heterocycles. The van der Waals surface area contributed by atoms with Crippen LogP contribution in [0.4, 0.5) is 0 Å². The van der Waals surface area contributed by atoms with E-state index in [9.17, 15) is 9.59 Å². The van der Waals surface area contributed by atoms with Crippen molar-refractivity contribution in [2.24, 2.45) is 17.2 Å². The van der Waals surface area contributed by atoms with Crippen molar-refractivity contribution in [3.8, 4) is 0 Å². The molecule has 168 valence electrons. The molecule has 2 heterocycles. The molecular formula is C18H38N8O3. The molecule has 2 fully saturated rings. The molecule has 11 N–H and O–H groups in total. The van der Waals surface area contributed by atoms with Crippen LogP contribution in [0.5, 0.6) is 0 Å². The Labute approximate surface area is 172 Å². The average Bonchev–Trinajstić information content (AvgIpc) is 3.33. The van der Waals surface area contributed by atoms with Crippen molar-refractivity contribution < 1.29 is 14.7 Å². The normalized spacial score (nSPS) is 32.0. The Kier molecular flexibility index (Phi) is 9.21. The highest BCUT2D eigenvalue weighted by atomic mass is 16.4. The van der Waals surface area contributed by atoms with Crippen LogP contribution in [0.25, 0.3) is 0 Å². The third-order valence-electron chi connectivity index (χ3n) is 5.83. The average molecular weight is 415 g/mol. The molecule has 0 spiro atoms. The van der Waals surface area contributed by atoms with Gasteiger partial charge in [-0.25, -0.2) is 0 Å². The number of nitrogens with zero attached hydrogens (tertiary/aromatic N) is 1. The van der Waals surface area contributed by atoms with Gasteiger partial charge in [0.25, 0.3) is 0 Å². The van der Waals surface area contributed by atoms with Crippen LogP contribution in [-0.4, -0.2) is 104 Å². The molecule has 1 amide bonds. The zero-order valence-corrected chi connectivity index (χ0v) is 17.2. The lowest BCUT2D eigenvalue weighted by atomic mass is 10.0. The van der Waals surface area contributed by atoms with Gasteiger partial charge in [0.15, 0.2) is 0 Å². The van der Waals surface area contributed by atoms with E-state index in [-0.39, 0.29) is 24.8 Å². The summed E-state index contributed by atoms with van der Waals surface area (Å²) in [7, 11) is 0. The zero-order valence-electron chi connectivity index (χ0n) is 17.2. The van der Waals surface area contributed by atoms with E-state index in [4.69, 9.17) is 22.3 Å². The van der Waals surface area contributed by atoms with E-state index in [1.165, 1.54) is 0 Å². The van der Waals surface area contributed by atoms with Crippen LogP contribution < -0.4 is 38.5 Å². The second-order valence-electron chi connectivity index (χ2n) is 8.14. The summed E-state index contributed by atoms with van der Waals surface area (Å²) in [6, 6.07) is 0.00746. The molecule has 2 rings (SSSR count). The summed E-state index contributed by atoms with van der Waals surface area (Å²) < 4.78 is 0. The topological polar surface area (TPSA) is 184 Å². The number of carboxylic acid groups (broad SMARTS) is 1. The first-order chi connectivity index (χ1) is 13.9. The van der Waals surface area contributed by atoms with Gasteiger partial charge in [-0.2, -0.15) is 0 Å². The van der Waals surface area contributed by atoms with E-state index in [1.807, 2.05) is 4.90 Å². The van der Waals surface area contributed by atoms with Gasteiger partial charge in [0.1, 0.15) is 0 Å². The lowest BCUT2D eigenvalue weighted by Crippen LogP contribution is -2.60. The molecule has 2 aliphatic rings. The minimum absolute atomic E-state index is 0.000849. The minimum Gasteiger partial charge on any atom is -0.481 e. The van der Waals surface area contributed by atoms with Crippen molar-refractivity contribution in [3.05, 3.63) is 0 Å². The molecular weight excluding hydrogens is 376 g/mol. The Morgan fingerprint density at radius 2 is 1.52 bits per heavy atom. The molecule has 11 nitrogen and oxygen atoms in total. The quantitative estimate of drug-likeness (QED) is 0.200. The summed E-state index contributed by atoms with van der Waals surface area (Å²) in [6.07, 6.45) is 0.569. The number of rotatable bonds is 6. The number of carboxylic acids is 1. The fourth-order valence-electron chi connectivity index (χ4n) is 3.94. The van der Waals surface area contributed by atoms with Gasteiger partial charge >= 0.3 is 5.97 Å². The summed E-state index contributed by atoms with van der Waals surface area (Å²) in [4.78, 5) is 25.2. The standard InChI is InChI=1S/C18H38N8O3/c19-9-17(21)11-23-5-4-22-8-14-18(10-20,13-25-7-6-24-12-17)26(14)15(27)2-1-3-16(28)29/h14,22-25H,1-13,19-21H2,(H,28,29)/t14?,17-,18-,26?/m0/s1. The first-order valence-electron chi connectivity index (χ1n) is 10.4. The maximum absolute atomic E-state index is 12.7. The van der Waals surface area contributed by atoms with Crippen LogP contribution in [0.1, 0.15) is 19.3 Å². The maximum atomic E-state index is 12.7. The summed E-state index contributed by atoms with van der Waals surface area (Å²) in [5.41, 5.74) is 17.3. The number of fused-ring (bicyclic) bond motifs is 1. The predicted molar refractivity (Wildman–Crippen MR) is 111 cm³/mol. The molecule has 0 radical (unpaired) electrons. The van der Waals surface area contributed by atoms with Gasteiger partial charge in [-0.1, -0.05) is 0 Å². The summed E-state index contributed by atoms with van der Waals surface area (Å²) in [5.74, 6) is -0.912. The number of carbonyl (C=O) groups excluding carboxylic acids is 1. The summed E-state index contributed by atoms with van der Waals surface area (Å²) in [5, 5.41) is 22.3. The smallest absolute Gasteiger partial charge is 0.303 e. The Hall–Kier alpha value is -1.34. The van der Waals surface area contributed by atoms with Gasteiger partial charge in [0, 0.05) is 78.3 Å².